The zero-order chi connectivity index (χ0) is 15.5. The maximum Gasteiger partial charge on any atom is 0.252 e. The minimum atomic E-state index is -0.189. The second-order valence-corrected chi connectivity index (χ2v) is 6.37. The molecule has 1 aliphatic rings. The van der Waals surface area contributed by atoms with Crippen LogP contribution in [0.15, 0.2) is 41.0 Å². The van der Waals surface area contributed by atoms with Crippen LogP contribution in [0.1, 0.15) is 40.4 Å². The molecule has 1 aliphatic carbocycles. The SMILES string of the molecule is O=C(NCC1CCCc2cccnc21)c1cc(O)ccc1Br. The molecule has 114 valence electrons. The Bertz CT molecular complexity index is 703. The fraction of sp³-hybridized carbons (Fsp3) is 0.294. The van der Waals surface area contributed by atoms with Gasteiger partial charge in [-0.2, -0.15) is 0 Å². The highest BCUT2D eigenvalue weighted by molar-refractivity contribution is 9.10. The number of benzene rings is 1. The van der Waals surface area contributed by atoms with Crippen molar-refractivity contribution in [2.45, 2.75) is 25.2 Å². The topological polar surface area (TPSA) is 62.2 Å². The van der Waals surface area contributed by atoms with E-state index < -0.39 is 0 Å². The summed E-state index contributed by atoms with van der Waals surface area (Å²) in [7, 11) is 0. The number of nitrogens with one attached hydrogen (secondary N) is 1. The molecule has 1 aromatic carbocycles. The van der Waals surface area contributed by atoms with Crippen molar-refractivity contribution in [3.8, 4) is 5.75 Å². The third-order valence-corrected chi connectivity index (χ3v) is 4.71. The molecule has 3 rings (SSSR count). The highest BCUT2D eigenvalue weighted by Crippen LogP contribution is 2.29. The smallest absolute Gasteiger partial charge is 0.252 e. The van der Waals surface area contributed by atoms with Gasteiger partial charge >= 0.3 is 0 Å². The number of carbonyl (C=O) groups is 1. The predicted octanol–water partition coefficient (Wildman–Crippen LogP) is 3.40. The van der Waals surface area contributed by atoms with Gasteiger partial charge in [-0.15, -0.1) is 0 Å². The quantitative estimate of drug-likeness (QED) is 0.881. The summed E-state index contributed by atoms with van der Waals surface area (Å²) in [5, 5.41) is 12.5. The maximum absolute atomic E-state index is 12.3. The van der Waals surface area contributed by atoms with Crippen molar-refractivity contribution < 1.29 is 9.90 Å². The lowest BCUT2D eigenvalue weighted by molar-refractivity contribution is 0.0949. The molecular weight excluding hydrogens is 344 g/mol. The molecule has 1 aromatic heterocycles. The molecule has 1 atom stereocenters. The van der Waals surface area contributed by atoms with Crippen molar-refractivity contribution in [3.05, 3.63) is 57.8 Å². The van der Waals surface area contributed by atoms with Crippen LogP contribution in [-0.2, 0) is 6.42 Å². The first-order chi connectivity index (χ1) is 10.6. The van der Waals surface area contributed by atoms with Crippen LogP contribution in [0.3, 0.4) is 0 Å². The summed E-state index contributed by atoms with van der Waals surface area (Å²) in [4.78, 5) is 16.8. The number of carbonyl (C=O) groups excluding carboxylic acids is 1. The number of halogens is 1. The number of rotatable bonds is 3. The zero-order valence-electron chi connectivity index (χ0n) is 12.1. The molecule has 0 aliphatic heterocycles. The lowest BCUT2D eigenvalue weighted by Crippen LogP contribution is -2.30. The summed E-state index contributed by atoms with van der Waals surface area (Å²) < 4.78 is 0.671. The molecule has 0 spiro atoms. The molecule has 1 unspecified atom stereocenters. The normalized spacial score (nSPS) is 16.9. The van der Waals surface area contributed by atoms with Crippen LogP contribution in [-0.4, -0.2) is 22.5 Å². The number of nitrogens with zero attached hydrogens (tertiary/aromatic N) is 1. The van der Waals surface area contributed by atoms with E-state index in [2.05, 4.69) is 32.3 Å². The summed E-state index contributed by atoms with van der Waals surface area (Å²) in [6.07, 6.45) is 5.02. The standard InChI is InChI=1S/C17H17BrN2O2/c18-15-7-6-13(21)9-14(15)17(22)20-10-12-4-1-3-11-5-2-8-19-16(11)12/h2,5-9,12,21H,1,3-4,10H2,(H,20,22). The van der Waals surface area contributed by atoms with E-state index in [-0.39, 0.29) is 17.6 Å². The fourth-order valence-corrected chi connectivity index (χ4v) is 3.33. The first-order valence-corrected chi connectivity index (χ1v) is 8.15. The molecule has 2 aromatic rings. The van der Waals surface area contributed by atoms with Crippen LogP contribution in [0, 0.1) is 0 Å². The zero-order valence-corrected chi connectivity index (χ0v) is 13.6. The van der Waals surface area contributed by atoms with E-state index in [1.165, 1.54) is 11.6 Å². The number of amides is 1. The summed E-state index contributed by atoms with van der Waals surface area (Å²) in [6.45, 7) is 0.560. The molecule has 1 amide bonds. The Balaban J connectivity index is 1.71. The van der Waals surface area contributed by atoms with Crippen molar-refractivity contribution >= 4 is 21.8 Å². The largest absolute Gasteiger partial charge is 0.508 e. The van der Waals surface area contributed by atoms with Crippen LogP contribution in [0.25, 0.3) is 0 Å². The van der Waals surface area contributed by atoms with Gasteiger partial charge in [-0.1, -0.05) is 6.07 Å². The van der Waals surface area contributed by atoms with Gasteiger partial charge in [0.2, 0.25) is 0 Å². The van der Waals surface area contributed by atoms with E-state index >= 15 is 0 Å². The summed E-state index contributed by atoms with van der Waals surface area (Å²) >= 11 is 3.34. The highest BCUT2D eigenvalue weighted by Gasteiger charge is 2.22. The van der Waals surface area contributed by atoms with Gasteiger partial charge in [-0.25, -0.2) is 0 Å². The van der Waals surface area contributed by atoms with Crippen LogP contribution >= 0.6 is 15.9 Å². The molecule has 0 saturated carbocycles. The number of hydrogen-bond acceptors (Lipinski definition) is 3. The van der Waals surface area contributed by atoms with Gasteiger partial charge in [0.1, 0.15) is 5.75 Å². The number of hydrogen-bond donors (Lipinski definition) is 2. The number of fused-ring (bicyclic) bond motifs is 1. The number of phenols is 1. The van der Waals surface area contributed by atoms with E-state index in [1.807, 2.05) is 12.3 Å². The van der Waals surface area contributed by atoms with Gasteiger partial charge < -0.3 is 10.4 Å². The Morgan fingerprint density at radius 1 is 1.41 bits per heavy atom. The first kappa shape index (κ1) is 15.0. The van der Waals surface area contributed by atoms with E-state index in [1.54, 1.807) is 12.1 Å². The number of aryl methyl sites for hydroxylation is 1. The second kappa shape index (κ2) is 6.48. The Labute approximate surface area is 137 Å². The van der Waals surface area contributed by atoms with E-state index in [0.29, 0.717) is 16.6 Å². The van der Waals surface area contributed by atoms with E-state index in [9.17, 15) is 9.90 Å². The van der Waals surface area contributed by atoms with Crippen molar-refractivity contribution in [1.29, 1.82) is 0 Å². The Morgan fingerprint density at radius 2 is 2.27 bits per heavy atom. The van der Waals surface area contributed by atoms with Gasteiger partial charge in [0.05, 0.1) is 5.56 Å². The lowest BCUT2D eigenvalue weighted by atomic mass is 9.86. The Hall–Kier alpha value is -1.88. The second-order valence-electron chi connectivity index (χ2n) is 5.51. The number of aromatic nitrogens is 1. The van der Waals surface area contributed by atoms with Crippen LogP contribution < -0.4 is 5.32 Å². The molecule has 5 heteroatoms. The molecule has 2 N–H and O–H groups in total. The fourth-order valence-electron chi connectivity index (χ4n) is 2.90. The molecule has 22 heavy (non-hydrogen) atoms. The monoisotopic (exact) mass is 360 g/mol. The summed E-state index contributed by atoms with van der Waals surface area (Å²) in [6, 6.07) is 8.75. The highest BCUT2D eigenvalue weighted by atomic mass is 79.9. The predicted molar refractivity (Wildman–Crippen MR) is 88.1 cm³/mol. The van der Waals surface area contributed by atoms with Crippen molar-refractivity contribution in [2.24, 2.45) is 0 Å². The minimum Gasteiger partial charge on any atom is -0.508 e. The third kappa shape index (κ3) is 3.14. The number of aromatic hydroxyl groups is 1. The van der Waals surface area contributed by atoms with E-state index in [4.69, 9.17) is 0 Å². The molecule has 0 fully saturated rings. The molecule has 0 saturated heterocycles. The van der Waals surface area contributed by atoms with Gasteiger partial charge in [-0.3, -0.25) is 9.78 Å². The maximum atomic E-state index is 12.3. The van der Waals surface area contributed by atoms with Gasteiger partial charge in [-0.05, 0) is 65.0 Å². The van der Waals surface area contributed by atoms with Crippen LogP contribution in [0.5, 0.6) is 5.75 Å². The molecule has 4 nitrogen and oxygen atoms in total. The minimum absolute atomic E-state index is 0.0815. The summed E-state index contributed by atoms with van der Waals surface area (Å²) in [5.74, 6) is 0.147. The Morgan fingerprint density at radius 3 is 3.14 bits per heavy atom. The van der Waals surface area contributed by atoms with Gasteiger partial charge in [0.25, 0.3) is 5.91 Å². The third-order valence-electron chi connectivity index (χ3n) is 4.02. The number of phenolic OH excluding ortho intramolecular Hbond substituents is 1. The van der Waals surface area contributed by atoms with Gasteiger partial charge in [0.15, 0.2) is 0 Å². The molecule has 0 radical (unpaired) electrons. The van der Waals surface area contributed by atoms with Crippen molar-refractivity contribution in [2.75, 3.05) is 6.54 Å². The van der Waals surface area contributed by atoms with Crippen molar-refractivity contribution in [1.82, 2.24) is 10.3 Å². The van der Waals surface area contributed by atoms with Crippen LogP contribution in [0.4, 0.5) is 0 Å². The average Bonchev–Trinajstić information content (AvgIpc) is 2.54. The average molecular weight is 361 g/mol. The first-order valence-electron chi connectivity index (χ1n) is 7.35. The molecular formula is C17H17BrN2O2. The Kier molecular flexibility index (Phi) is 4.43. The molecule has 1 heterocycles. The van der Waals surface area contributed by atoms with E-state index in [0.717, 1.165) is 25.0 Å². The number of pyridine rings is 1. The van der Waals surface area contributed by atoms with Gasteiger partial charge in [0, 0.05) is 28.8 Å². The summed E-state index contributed by atoms with van der Waals surface area (Å²) in [5.41, 5.74) is 2.83. The van der Waals surface area contributed by atoms with Crippen LogP contribution in [0.2, 0.25) is 0 Å². The lowest BCUT2D eigenvalue weighted by Gasteiger charge is -2.24. The van der Waals surface area contributed by atoms with Crippen molar-refractivity contribution in [3.63, 3.8) is 0 Å². The molecule has 0 bridgehead atoms.